The van der Waals surface area contributed by atoms with Crippen LogP contribution in [0.15, 0.2) is 72.1 Å². The lowest BCUT2D eigenvalue weighted by molar-refractivity contribution is -0.120. The van der Waals surface area contributed by atoms with Crippen molar-refractivity contribution >= 4 is 28.8 Å². The quantitative estimate of drug-likeness (QED) is 0.604. The highest BCUT2D eigenvalue weighted by Crippen LogP contribution is 2.26. The first-order valence-corrected chi connectivity index (χ1v) is 9.76. The van der Waals surface area contributed by atoms with Crippen molar-refractivity contribution in [2.75, 3.05) is 6.54 Å². The molecule has 0 saturated carbocycles. The van der Waals surface area contributed by atoms with E-state index < -0.39 is 0 Å². The third-order valence-electron chi connectivity index (χ3n) is 4.18. The number of halogens is 1. The second-order valence-electron chi connectivity index (χ2n) is 6.05. The number of amides is 1. The Balaban J connectivity index is 1.64. The Morgan fingerprint density at radius 3 is 2.46 bits per heavy atom. The van der Waals surface area contributed by atoms with Crippen molar-refractivity contribution in [3.05, 3.63) is 93.1 Å². The van der Waals surface area contributed by atoms with Crippen LogP contribution in [0.2, 0.25) is 5.02 Å². The van der Waals surface area contributed by atoms with Gasteiger partial charge in [0.05, 0.1) is 18.6 Å². The van der Waals surface area contributed by atoms with Crippen molar-refractivity contribution in [1.82, 2.24) is 10.6 Å². The number of rotatable bonds is 7. The molecule has 0 aliphatic heterocycles. The maximum atomic E-state index is 12.4. The van der Waals surface area contributed by atoms with Crippen molar-refractivity contribution in [2.24, 2.45) is 0 Å². The smallest absolute Gasteiger partial charge is 0.234 e. The number of hydrogen-bond donors (Lipinski definition) is 2. The molecule has 0 fully saturated rings. The molecule has 0 unspecified atom stereocenters. The molecule has 3 nitrogen and oxygen atoms in total. The second-order valence-corrected chi connectivity index (χ2v) is 7.44. The van der Waals surface area contributed by atoms with Gasteiger partial charge in [0.1, 0.15) is 0 Å². The fourth-order valence-corrected chi connectivity index (χ4v) is 4.00. The third-order valence-corrected chi connectivity index (χ3v) is 5.46. The van der Waals surface area contributed by atoms with E-state index >= 15 is 0 Å². The molecule has 1 amide bonds. The van der Waals surface area contributed by atoms with E-state index in [1.807, 2.05) is 60.8 Å². The summed E-state index contributed by atoms with van der Waals surface area (Å²) >= 11 is 7.89. The highest BCUT2D eigenvalue weighted by atomic mass is 35.5. The zero-order chi connectivity index (χ0) is 18.4. The molecule has 0 saturated heterocycles. The Morgan fingerprint density at radius 2 is 1.77 bits per heavy atom. The number of hydrogen-bond acceptors (Lipinski definition) is 3. The van der Waals surface area contributed by atoms with Crippen molar-refractivity contribution in [2.45, 2.75) is 19.0 Å². The largest absolute Gasteiger partial charge is 0.348 e. The SMILES string of the molecule is C[C@@H](NC(=O)CN[C@@H](c1ccccc1)c1cccs1)c1ccccc1Cl. The highest BCUT2D eigenvalue weighted by molar-refractivity contribution is 7.10. The highest BCUT2D eigenvalue weighted by Gasteiger charge is 2.17. The molecular formula is C21H21ClN2OS. The van der Waals surface area contributed by atoms with Crippen LogP contribution in [-0.4, -0.2) is 12.5 Å². The molecule has 2 N–H and O–H groups in total. The predicted molar refractivity (Wildman–Crippen MR) is 109 cm³/mol. The summed E-state index contributed by atoms with van der Waals surface area (Å²) in [7, 11) is 0. The molecule has 3 aromatic rings. The summed E-state index contributed by atoms with van der Waals surface area (Å²) < 4.78 is 0. The summed E-state index contributed by atoms with van der Waals surface area (Å²) in [6.45, 7) is 2.17. The number of nitrogens with one attached hydrogen (secondary N) is 2. The van der Waals surface area contributed by atoms with Gasteiger partial charge < -0.3 is 5.32 Å². The van der Waals surface area contributed by atoms with Gasteiger partial charge in [-0.25, -0.2) is 0 Å². The van der Waals surface area contributed by atoms with Gasteiger partial charge in [-0.3, -0.25) is 10.1 Å². The molecule has 2 atom stereocenters. The lowest BCUT2D eigenvalue weighted by Crippen LogP contribution is -2.37. The number of carbonyl (C=O) groups excluding carboxylic acids is 1. The van der Waals surface area contributed by atoms with Gasteiger partial charge in [0.2, 0.25) is 5.91 Å². The fourth-order valence-electron chi connectivity index (χ4n) is 2.88. The summed E-state index contributed by atoms with van der Waals surface area (Å²) in [5.74, 6) is -0.0603. The van der Waals surface area contributed by atoms with Crippen LogP contribution in [0.5, 0.6) is 0 Å². The summed E-state index contributed by atoms with van der Waals surface area (Å²) in [4.78, 5) is 13.6. The van der Waals surface area contributed by atoms with Gasteiger partial charge >= 0.3 is 0 Å². The van der Waals surface area contributed by atoms with Crippen LogP contribution < -0.4 is 10.6 Å². The van der Waals surface area contributed by atoms with Gasteiger partial charge in [-0.15, -0.1) is 11.3 Å². The Labute approximate surface area is 163 Å². The maximum Gasteiger partial charge on any atom is 0.234 e. The molecule has 0 aliphatic rings. The molecule has 3 rings (SSSR count). The third kappa shape index (κ3) is 4.73. The van der Waals surface area contributed by atoms with Gasteiger partial charge in [0.25, 0.3) is 0 Å². The summed E-state index contributed by atoms with van der Waals surface area (Å²) in [5.41, 5.74) is 2.06. The minimum Gasteiger partial charge on any atom is -0.348 e. The average molecular weight is 385 g/mol. The first-order valence-electron chi connectivity index (χ1n) is 8.50. The van der Waals surface area contributed by atoms with Crippen LogP contribution in [0, 0.1) is 0 Å². The predicted octanol–water partition coefficient (Wildman–Crippen LogP) is 4.96. The number of carbonyl (C=O) groups is 1. The molecule has 0 bridgehead atoms. The molecule has 0 aliphatic carbocycles. The standard InChI is InChI=1S/C21H21ClN2OS/c1-15(17-10-5-6-11-18(17)22)24-20(25)14-23-21(19-12-7-13-26-19)16-8-3-2-4-9-16/h2-13,15,21,23H,14H2,1H3,(H,24,25)/t15-,21+/m1/s1. The van der Waals surface area contributed by atoms with E-state index in [-0.39, 0.29) is 24.5 Å². The second kappa shape index (κ2) is 8.99. The van der Waals surface area contributed by atoms with Gasteiger partial charge in [0.15, 0.2) is 0 Å². The Hall–Kier alpha value is -2.14. The van der Waals surface area contributed by atoms with E-state index in [4.69, 9.17) is 11.6 Å². The van der Waals surface area contributed by atoms with Crippen LogP contribution in [0.3, 0.4) is 0 Å². The normalized spacial score (nSPS) is 13.2. The maximum absolute atomic E-state index is 12.4. The van der Waals surface area contributed by atoms with Crippen LogP contribution in [0.25, 0.3) is 0 Å². The van der Waals surface area contributed by atoms with Crippen LogP contribution in [0.1, 0.15) is 35.0 Å². The van der Waals surface area contributed by atoms with Gasteiger partial charge in [-0.05, 0) is 35.6 Å². The van der Waals surface area contributed by atoms with Crippen LogP contribution in [-0.2, 0) is 4.79 Å². The fraction of sp³-hybridized carbons (Fsp3) is 0.190. The summed E-state index contributed by atoms with van der Waals surface area (Å²) in [5, 5.41) is 9.09. The topological polar surface area (TPSA) is 41.1 Å². The van der Waals surface area contributed by atoms with E-state index in [1.165, 1.54) is 4.88 Å². The molecule has 0 radical (unpaired) electrons. The Morgan fingerprint density at radius 1 is 1.04 bits per heavy atom. The Kier molecular flexibility index (Phi) is 6.45. The van der Waals surface area contributed by atoms with Gasteiger partial charge in [-0.2, -0.15) is 0 Å². The molecule has 134 valence electrons. The zero-order valence-electron chi connectivity index (χ0n) is 14.5. The molecule has 5 heteroatoms. The van der Waals surface area contributed by atoms with E-state index in [1.54, 1.807) is 11.3 Å². The average Bonchev–Trinajstić information content (AvgIpc) is 3.17. The van der Waals surface area contributed by atoms with Gasteiger partial charge in [0, 0.05) is 9.90 Å². The van der Waals surface area contributed by atoms with Gasteiger partial charge in [-0.1, -0.05) is 66.2 Å². The molecule has 26 heavy (non-hydrogen) atoms. The van der Waals surface area contributed by atoms with E-state index in [9.17, 15) is 4.79 Å². The molecule has 1 aromatic heterocycles. The molecule has 2 aromatic carbocycles. The monoisotopic (exact) mass is 384 g/mol. The first-order chi connectivity index (χ1) is 12.6. The minimum absolute atomic E-state index is 0.00225. The zero-order valence-corrected chi connectivity index (χ0v) is 16.1. The summed E-state index contributed by atoms with van der Waals surface area (Å²) in [6, 6.07) is 21.7. The van der Waals surface area contributed by atoms with Crippen molar-refractivity contribution in [1.29, 1.82) is 0 Å². The minimum atomic E-state index is -0.144. The number of benzene rings is 2. The van der Waals surface area contributed by atoms with E-state index in [0.717, 1.165) is 11.1 Å². The number of thiophene rings is 1. The lowest BCUT2D eigenvalue weighted by Gasteiger charge is -2.20. The van der Waals surface area contributed by atoms with E-state index in [2.05, 4.69) is 28.8 Å². The van der Waals surface area contributed by atoms with Crippen molar-refractivity contribution in [3.8, 4) is 0 Å². The lowest BCUT2D eigenvalue weighted by atomic mass is 10.1. The van der Waals surface area contributed by atoms with Crippen LogP contribution >= 0.6 is 22.9 Å². The molecule has 1 heterocycles. The Bertz CT molecular complexity index is 836. The molecular weight excluding hydrogens is 364 g/mol. The van der Waals surface area contributed by atoms with Crippen molar-refractivity contribution in [3.63, 3.8) is 0 Å². The van der Waals surface area contributed by atoms with E-state index in [0.29, 0.717) is 5.02 Å². The molecule has 0 spiro atoms. The van der Waals surface area contributed by atoms with Crippen LogP contribution in [0.4, 0.5) is 0 Å². The first kappa shape index (κ1) is 18.6. The summed E-state index contributed by atoms with van der Waals surface area (Å²) in [6.07, 6.45) is 0. The van der Waals surface area contributed by atoms with Crippen molar-refractivity contribution < 1.29 is 4.79 Å².